The van der Waals surface area contributed by atoms with Crippen LogP contribution < -0.4 is 0 Å². The van der Waals surface area contributed by atoms with E-state index in [1.165, 1.54) is 0 Å². The Hall–Kier alpha value is 2.25. The van der Waals surface area contributed by atoms with Crippen molar-refractivity contribution in [3.63, 3.8) is 0 Å². The van der Waals surface area contributed by atoms with Crippen molar-refractivity contribution in [3.8, 4) is 0 Å². The quantitative estimate of drug-likeness (QED) is 0.421. The first-order chi connectivity index (χ1) is 0. The van der Waals surface area contributed by atoms with Gasteiger partial charge in [0.1, 0.15) is 0 Å². The van der Waals surface area contributed by atoms with Crippen LogP contribution in [0.15, 0.2) is 0 Å². The first kappa shape index (κ1) is 55.9. The van der Waals surface area contributed by atoms with E-state index in [4.69, 9.17) is 0 Å². The minimum atomic E-state index is 0. The van der Waals surface area contributed by atoms with E-state index in [1.807, 2.05) is 0 Å². The predicted octanol–water partition coefficient (Wildman–Crippen LogP) is -3.24. The van der Waals surface area contributed by atoms with E-state index in [0.717, 1.165) is 0 Å². The Morgan fingerprint density at radius 1 is 0.600 bits per heavy atom. The van der Waals surface area contributed by atoms with Crippen LogP contribution in [0.4, 0.5) is 0 Å². The van der Waals surface area contributed by atoms with Crippen molar-refractivity contribution >= 4 is 72.8 Å². The molecule has 30 valence electrons. The van der Waals surface area contributed by atoms with Gasteiger partial charge >= 0.3 is 0 Å². The smallest absolute Gasteiger partial charge is 0 e. The molecule has 5 heteroatoms. The molecule has 3 nitrogen and oxygen atoms in total. The summed E-state index contributed by atoms with van der Waals surface area (Å²) in [5, 5.41) is 0. The molecule has 0 atom stereocenters. The third-order valence-corrected chi connectivity index (χ3v) is 0. The Morgan fingerprint density at radius 2 is 0.600 bits per heavy atom. The van der Waals surface area contributed by atoms with E-state index >= 15 is 0 Å². The van der Waals surface area contributed by atoms with Gasteiger partial charge in [-0.15, -0.1) is 0 Å². The maximum atomic E-state index is 0. The second-order valence-electron chi connectivity index (χ2n) is 0. The molecule has 0 aliphatic rings. The maximum absolute atomic E-state index is 0. The van der Waals surface area contributed by atoms with Crippen LogP contribution in [0.25, 0.3) is 0 Å². The van der Waals surface area contributed by atoms with Crippen molar-refractivity contribution in [3.05, 3.63) is 0 Å². The maximum Gasteiger partial charge on any atom is 0 e. The molecule has 0 aromatic heterocycles. The first-order valence-electron chi connectivity index (χ1n) is 0. The normalized spacial score (nSPS) is 0. The summed E-state index contributed by atoms with van der Waals surface area (Å²) in [6.45, 7) is 0. The van der Waals surface area contributed by atoms with E-state index in [-0.39, 0.29) is 89.2 Å². The Bertz CT molecular complexity index is 6.85. The average molecular weight is 310 g/mol. The van der Waals surface area contributed by atoms with E-state index < -0.39 is 0 Å². The zero-order chi connectivity index (χ0) is 0. The molecule has 5 heavy (non-hydrogen) atoms. The Labute approximate surface area is 87.5 Å². The van der Waals surface area contributed by atoms with Crippen molar-refractivity contribution in [2.75, 3.05) is 0 Å². The molecule has 0 fully saturated rings. The Kier molecular flexibility index (Phi) is 381. The number of rotatable bonds is 0. The topological polar surface area (TPSA) is 94.5 Å². The van der Waals surface area contributed by atoms with Crippen LogP contribution in [0.5, 0.6) is 0 Å². The fourth-order valence-electron chi connectivity index (χ4n) is 0. The van der Waals surface area contributed by atoms with Crippen molar-refractivity contribution < 1.29 is 16.4 Å². The van der Waals surface area contributed by atoms with Gasteiger partial charge in [-0.05, 0) is 0 Å². The van der Waals surface area contributed by atoms with Gasteiger partial charge < -0.3 is 16.4 Å². The summed E-state index contributed by atoms with van der Waals surface area (Å²) < 4.78 is 0. The minimum absolute atomic E-state index is 0. The van der Waals surface area contributed by atoms with Crippen molar-refractivity contribution in [1.82, 2.24) is 0 Å². The van der Waals surface area contributed by atoms with Gasteiger partial charge in [-0.2, -0.15) is 0 Å². The second kappa shape index (κ2) is 34.0. The van der Waals surface area contributed by atoms with Crippen molar-refractivity contribution in [2.24, 2.45) is 0 Å². The largest absolute Gasteiger partial charge is 0.412 e. The SMILES string of the molecule is O.O.O.[Ba].[Sn]. The van der Waals surface area contributed by atoms with Crippen LogP contribution in [0, 0.1) is 0 Å². The Balaban J connectivity index is 0. The summed E-state index contributed by atoms with van der Waals surface area (Å²) in [4.78, 5) is 0. The Morgan fingerprint density at radius 3 is 0.600 bits per heavy atom. The van der Waals surface area contributed by atoms with Crippen LogP contribution >= 0.6 is 0 Å². The molecule has 0 rings (SSSR count). The van der Waals surface area contributed by atoms with Gasteiger partial charge in [0.25, 0.3) is 0 Å². The standard InChI is InChI=1S/Ba.3H2O.Sn/h;3*1H2;. The zero-order valence-corrected chi connectivity index (χ0v) is 10.0. The number of hydrogen-bond acceptors (Lipinski definition) is 0. The minimum Gasteiger partial charge on any atom is -0.412 e. The summed E-state index contributed by atoms with van der Waals surface area (Å²) in [6.07, 6.45) is 0. The summed E-state index contributed by atoms with van der Waals surface area (Å²) in [5.74, 6) is 0. The van der Waals surface area contributed by atoms with E-state index in [1.54, 1.807) is 0 Å². The van der Waals surface area contributed by atoms with Crippen molar-refractivity contribution in [2.45, 2.75) is 0 Å². The molecule has 6 radical (unpaired) electrons. The third-order valence-electron chi connectivity index (χ3n) is 0. The molecule has 0 aliphatic heterocycles. The van der Waals surface area contributed by atoms with Crippen LogP contribution in [-0.4, -0.2) is 89.2 Å². The van der Waals surface area contributed by atoms with Gasteiger partial charge in [0, 0.05) is 72.8 Å². The van der Waals surface area contributed by atoms with E-state index in [9.17, 15) is 0 Å². The summed E-state index contributed by atoms with van der Waals surface area (Å²) in [6, 6.07) is 0. The van der Waals surface area contributed by atoms with Crippen molar-refractivity contribution in [1.29, 1.82) is 0 Å². The number of hydrogen-bond donors (Lipinski definition) is 0. The molecule has 0 unspecified atom stereocenters. The molecule has 0 aromatic rings. The van der Waals surface area contributed by atoms with Crippen LogP contribution in [0.1, 0.15) is 0 Å². The summed E-state index contributed by atoms with van der Waals surface area (Å²) >= 11 is 0. The fraction of sp³-hybridized carbons (Fsp3) is 0. The van der Waals surface area contributed by atoms with Crippen LogP contribution in [0.3, 0.4) is 0 Å². The molecule has 6 N–H and O–H groups in total. The molecule has 0 saturated carbocycles. The van der Waals surface area contributed by atoms with E-state index in [0.29, 0.717) is 0 Å². The van der Waals surface area contributed by atoms with Gasteiger partial charge in [-0.3, -0.25) is 0 Å². The second-order valence-corrected chi connectivity index (χ2v) is 0. The van der Waals surface area contributed by atoms with Gasteiger partial charge in [0.2, 0.25) is 0 Å². The molecule has 0 saturated heterocycles. The van der Waals surface area contributed by atoms with Gasteiger partial charge in [-0.1, -0.05) is 0 Å². The first-order valence-corrected chi connectivity index (χ1v) is 0. The molecule has 0 aromatic carbocycles. The predicted molar refractivity (Wildman–Crippen MR) is 22.3 cm³/mol. The molecular formula is H6BaO3Sn. The zero-order valence-electron chi connectivity index (χ0n) is 2.71. The van der Waals surface area contributed by atoms with Gasteiger partial charge in [0.15, 0.2) is 0 Å². The van der Waals surface area contributed by atoms with Gasteiger partial charge in [0.05, 0.1) is 0 Å². The summed E-state index contributed by atoms with van der Waals surface area (Å²) in [7, 11) is 0. The average Bonchev–Trinajstić information content (AvgIpc) is 0. The monoisotopic (exact) mass is 312 g/mol. The van der Waals surface area contributed by atoms with Gasteiger partial charge in [-0.25, -0.2) is 0 Å². The molecule has 0 spiro atoms. The fourth-order valence-corrected chi connectivity index (χ4v) is 0. The van der Waals surface area contributed by atoms with Crippen LogP contribution in [-0.2, 0) is 0 Å². The summed E-state index contributed by atoms with van der Waals surface area (Å²) in [5.41, 5.74) is 0. The molecule has 0 heterocycles. The molecule has 0 bridgehead atoms. The molecular weight excluding hydrogens is 304 g/mol. The third kappa shape index (κ3) is 22.3. The van der Waals surface area contributed by atoms with E-state index in [2.05, 4.69) is 0 Å². The molecule has 0 aliphatic carbocycles. The molecule has 0 amide bonds. The van der Waals surface area contributed by atoms with Crippen LogP contribution in [0.2, 0.25) is 0 Å².